The van der Waals surface area contributed by atoms with E-state index in [1.54, 1.807) is 60.8 Å². The molecule has 62 heavy (non-hydrogen) atoms. The van der Waals surface area contributed by atoms with Crippen LogP contribution >= 0.6 is 25.3 Å². The number of aromatic amines is 1. The predicted molar refractivity (Wildman–Crippen MR) is 238 cm³/mol. The maximum atomic E-state index is 14.2. The smallest absolute Gasteiger partial charge is 0.327 e. The highest BCUT2D eigenvalue weighted by atomic mass is 32.1. The number of carboxylic acids is 1. The van der Waals surface area contributed by atoms with Gasteiger partial charge in [0.1, 0.15) is 24.2 Å². The minimum Gasteiger partial charge on any atom is -0.480 e. The molecule has 0 bridgehead atoms. The number of carbonyl (C=O) groups is 8. The van der Waals surface area contributed by atoms with Crippen molar-refractivity contribution in [1.29, 1.82) is 0 Å². The van der Waals surface area contributed by atoms with E-state index in [0.717, 1.165) is 15.8 Å². The molecule has 5 atom stereocenters. The summed E-state index contributed by atoms with van der Waals surface area (Å²) in [6.45, 7) is 4.09. The second-order valence-corrected chi connectivity index (χ2v) is 17.6. The third kappa shape index (κ3) is 12.2. The van der Waals surface area contributed by atoms with Crippen molar-refractivity contribution in [2.75, 3.05) is 13.1 Å². The van der Waals surface area contributed by atoms with E-state index in [9.17, 15) is 43.5 Å². The first-order valence-corrected chi connectivity index (χ1v) is 21.1. The number of amides is 7. The molecule has 0 fully saturated rings. The van der Waals surface area contributed by atoms with Gasteiger partial charge in [0.05, 0.1) is 22.9 Å². The van der Waals surface area contributed by atoms with E-state index in [2.05, 4.69) is 56.8 Å². The highest BCUT2D eigenvalue weighted by Crippen LogP contribution is 2.24. The molecular formula is C44H51N7O9S2. The largest absolute Gasteiger partial charge is 0.480 e. The highest BCUT2D eigenvalue weighted by molar-refractivity contribution is 7.82. The molecule has 4 aromatic rings. The number of hydrogen-bond acceptors (Lipinski definition) is 10. The minimum absolute atomic E-state index is 0.0160. The van der Waals surface area contributed by atoms with Crippen LogP contribution in [0, 0.1) is 0 Å². The zero-order chi connectivity index (χ0) is 45.1. The number of thiol groups is 2. The fraction of sp³-hybridized carbons (Fsp3) is 0.364. The van der Waals surface area contributed by atoms with Gasteiger partial charge in [-0.05, 0) is 69.4 Å². The first-order chi connectivity index (χ1) is 29.4. The highest BCUT2D eigenvalue weighted by Gasteiger charge is 2.37. The summed E-state index contributed by atoms with van der Waals surface area (Å²) < 4.78 is -1.17. The van der Waals surface area contributed by atoms with Crippen LogP contribution in [0.1, 0.15) is 71.9 Å². The molecule has 0 saturated heterocycles. The number of nitrogens with one attached hydrogen (secondary N) is 6. The summed E-state index contributed by atoms with van der Waals surface area (Å²) in [5.41, 5.74) is 2.76. The molecule has 0 spiro atoms. The third-order valence-corrected chi connectivity index (χ3v) is 10.8. The molecule has 7 N–H and O–H groups in total. The Balaban J connectivity index is 1.28. The number of imide groups is 1. The molecule has 328 valence electrons. The van der Waals surface area contributed by atoms with E-state index in [1.807, 2.05) is 24.3 Å². The van der Waals surface area contributed by atoms with Crippen LogP contribution < -0.4 is 26.6 Å². The fourth-order valence-electron chi connectivity index (χ4n) is 7.00. The Bertz CT molecular complexity index is 2280. The third-order valence-electron chi connectivity index (χ3n) is 10.3. The fourth-order valence-corrected chi connectivity index (χ4v) is 7.25. The number of benzene rings is 3. The normalized spacial score (nSPS) is 14.8. The van der Waals surface area contributed by atoms with Crippen molar-refractivity contribution in [3.63, 3.8) is 0 Å². The van der Waals surface area contributed by atoms with Crippen molar-refractivity contribution in [1.82, 2.24) is 36.5 Å². The van der Waals surface area contributed by atoms with Crippen molar-refractivity contribution < 1.29 is 43.5 Å². The zero-order valence-corrected chi connectivity index (χ0v) is 36.3. The lowest BCUT2D eigenvalue weighted by molar-refractivity contribution is -0.143. The van der Waals surface area contributed by atoms with Crippen LogP contribution in [0.25, 0.3) is 10.9 Å². The lowest BCUT2D eigenvalue weighted by atomic mass is 10.00. The number of para-hydroxylation sites is 1. The topological polar surface area (TPSA) is 236 Å². The quantitative estimate of drug-likeness (QED) is 0.0340. The summed E-state index contributed by atoms with van der Waals surface area (Å²) in [6.07, 6.45) is 2.40. The Morgan fingerprint density at radius 1 is 0.726 bits per heavy atom. The molecule has 5 rings (SSSR count). The molecule has 0 aliphatic carbocycles. The van der Waals surface area contributed by atoms with Crippen LogP contribution in [0.3, 0.4) is 0 Å². The van der Waals surface area contributed by atoms with Gasteiger partial charge in [0.25, 0.3) is 11.8 Å². The number of carbonyl (C=O) groups excluding carboxylic acids is 7. The summed E-state index contributed by atoms with van der Waals surface area (Å²) >= 11 is 8.53. The van der Waals surface area contributed by atoms with Crippen LogP contribution in [0.15, 0.2) is 85.1 Å². The summed E-state index contributed by atoms with van der Waals surface area (Å²) in [7, 11) is 0. The molecule has 16 nitrogen and oxygen atoms in total. The van der Waals surface area contributed by atoms with Crippen molar-refractivity contribution in [3.8, 4) is 0 Å². The number of aliphatic carboxylic acids is 1. The number of carboxylic acid groups (broad SMARTS) is 1. The number of unbranched alkanes of at least 4 members (excludes halogenated alkanes) is 1. The predicted octanol–water partition coefficient (Wildman–Crippen LogP) is 2.59. The number of rotatable bonds is 21. The maximum absolute atomic E-state index is 14.2. The van der Waals surface area contributed by atoms with Gasteiger partial charge in [0.15, 0.2) is 0 Å². The molecule has 18 heteroatoms. The molecule has 2 heterocycles. The van der Waals surface area contributed by atoms with Gasteiger partial charge in [-0.1, -0.05) is 60.7 Å². The average Bonchev–Trinajstić information content (AvgIpc) is 3.75. The molecule has 1 unspecified atom stereocenters. The van der Waals surface area contributed by atoms with E-state index in [-0.39, 0.29) is 25.8 Å². The summed E-state index contributed by atoms with van der Waals surface area (Å²) in [4.78, 5) is 110. The molecule has 0 radical (unpaired) electrons. The average molecular weight is 886 g/mol. The van der Waals surface area contributed by atoms with Crippen molar-refractivity contribution in [3.05, 3.63) is 107 Å². The Labute approximate surface area is 369 Å². The van der Waals surface area contributed by atoms with Crippen LogP contribution in [0.5, 0.6) is 0 Å². The molecule has 1 aliphatic heterocycles. The monoisotopic (exact) mass is 885 g/mol. The Hall–Kier alpha value is -6.14. The second kappa shape index (κ2) is 21.1. The van der Waals surface area contributed by atoms with Gasteiger partial charge in [0, 0.05) is 41.2 Å². The lowest BCUT2D eigenvalue weighted by Gasteiger charge is -2.29. The summed E-state index contributed by atoms with van der Waals surface area (Å²) in [6, 6.07) is 17.6. The summed E-state index contributed by atoms with van der Waals surface area (Å²) in [5.74, 6) is -5.65. The standard InChI is InChI=1S/C44H51N7O9S2/c1-25(61)37(53)48-32(19-11-12-20-51-41(57)29-16-7-8-17-30(29)42(51)58)38(54)46-24-35(52)47-34(22-27-23-45-31-18-10-9-15-28(27)31)39(55)49-33(21-26-13-5-4-6-14-26)40(56)50-36(43(59)60)44(2,3)62/h4-10,13-18,23,25,32-34,36,45,61-62H,11-12,19-22,24H2,1-3H3,(H,46,54)(H,47,52)(H,48,53)(H,49,55)(H,50,56)(H,59,60)/t25?,32-,33-,34-,36+/m0/s1. The van der Waals surface area contributed by atoms with Crippen molar-refractivity contribution in [2.45, 2.75) is 87.0 Å². The van der Waals surface area contributed by atoms with E-state index in [1.165, 1.54) is 20.8 Å². The molecule has 1 aliphatic rings. The van der Waals surface area contributed by atoms with Crippen LogP contribution in [-0.2, 0) is 41.6 Å². The lowest BCUT2D eigenvalue weighted by Crippen LogP contribution is -2.60. The van der Waals surface area contributed by atoms with E-state index < -0.39 is 88.0 Å². The number of fused-ring (bicyclic) bond motifs is 2. The van der Waals surface area contributed by atoms with E-state index in [4.69, 9.17) is 0 Å². The number of hydrogen-bond donors (Lipinski definition) is 9. The van der Waals surface area contributed by atoms with Crippen LogP contribution in [0.2, 0.25) is 0 Å². The molecule has 3 aromatic carbocycles. The van der Waals surface area contributed by atoms with Gasteiger partial charge in [0.2, 0.25) is 29.5 Å². The molecular weight excluding hydrogens is 835 g/mol. The van der Waals surface area contributed by atoms with Crippen molar-refractivity contribution >= 4 is 83.5 Å². The zero-order valence-electron chi connectivity index (χ0n) is 34.5. The first kappa shape index (κ1) is 46.9. The molecule has 7 amide bonds. The van der Waals surface area contributed by atoms with E-state index in [0.29, 0.717) is 35.1 Å². The molecule has 0 saturated carbocycles. The van der Waals surface area contributed by atoms with Gasteiger partial charge in [-0.15, -0.1) is 0 Å². The number of H-pyrrole nitrogens is 1. The Morgan fingerprint density at radius 2 is 1.31 bits per heavy atom. The van der Waals surface area contributed by atoms with Crippen molar-refractivity contribution in [2.24, 2.45) is 0 Å². The van der Waals surface area contributed by atoms with Gasteiger partial charge < -0.3 is 36.7 Å². The van der Waals surface area contributed by atoms with Crippen LogP contribution in [0.4, 0.5) is 0 Å². The van der Waals surface area contributed by atoms with E-state index >= 15 is 0 Å². The SMILES string of the molecule is CC(S)C(=O)N[C@@H](CCCCN1C(=O)c2ccccc2C1=O)C(=O)NCC(=O)N[C@@H](Cc1c[nH]c2ccccc12)C(=O)N[C@@H](Cc1ccccc1)C(=O)N[C@H](C(=O)O)C(C)(C)S. The Morgan fingerprint density at radius 3 is 1.94 bits per heavy atom. The maximum Gasteiger partial charge on any atom is 0.327 e. The second-order valence-electron chi connectivity index (χ2n) is 15.6. The van der Waals surface area contributed by atoms with Gasteiger partial charge >= 0.3 is 5.97 Å². The minimum atomic E-state index is -1.42. The Kier molecular flexibility index (Phi) is 16.0. The summed E-state index contributed by atoms with van der Waals surface area (Å²) in [5, 5.41) is 23.0. The number of aromatic nitrogens is 1. The van der Waals surface area contributed by atoms with Crippen LogP contribution in [-0.4, -0.2) is 110 Å². The van der Waals surface area contributed by atoms with Gasteiger partial charge in [-0.3, -0.25) is 38.5 Å². The van der Waals surface area contributed by atoms with Gasteiger partial charge in [-0.25, -0.2) is 4.79 Å². The number of nitrogens with zero attached hydrogens (tertiary/aromatic N) is 1. The molecule has 1 aromatic heterocycles. The first-order valence-electron chi connectivity index (χ1n) is 20.1. The van der Waals surface area contributed by atoms with Gasteiger partial charge in [-0.2, -0.15) is 25.3 Å².